The molecule has 3 aromatic rings. The summed E-state index contributed by atoms with van der Waals surface area (Å²) in [5, 5.41) is 14.7. The van der Waals surface area contributed by atoms with Crippen LogP contribution in [0.15, 0.2) is 34.8 Å². The van der Waals surface area contributed by atoms with Gasteiger partial charge in [0.2, 0.25) is 5.75 Å². The van der Waals surface area contributed by atoms with Crippen LogP contribution in [0.1, 0.15) is 20.8 Å². The molecule has 146 valence electrons. The summed E-state index contributed by atoms with van der Waals surface area (Å²) in [6, 6.07) is 8.09. The molecular formula is C19H16BrN2O6-. The van der Waals surface area contributed by atoms with Crippen molar-refractivity contribution in [3.63, 3.8) is 0 Å². The van der Waals surface area contributed by atoms with Gasteiger partial charge in [0.1, 0.15) is 0 Å². The highest BCUT2D eigenvalue weighted by molar-refractivity contribution is 9.10. The summed E-state index contributed by atoms with van der Waals surface area (Å²) in [5.41, 5.74) is 0.620. The van der Waals surface area contributed by atoms with Crippen molar-refractivity contribution in [3.05, 3.63) is 46.1 Å². The molecule has 28 heavy (non-hydrogen) atoms. The Morgan fingerprint density at radius 3 is 2.21 bits per heavy atom. The van der Waals surface area contributed by atoms with Crippen molar-refractivity contribution in [3.8, 4) is 17.2 Å². The Labute approximate surface area is 168 Å². The molecule has 0 fully saturated rings. The number of carboxylic acid groups (broad SMARTS) is 1. The zero-order valence-electron chi connectivity index (χ0n) is 15.2. The zero-order valence-corrected chi connectivity index (χ0v) is 16.8. The molecule has 1 aromatic heterocycles. The Kier molecular flexibility index (Phi) is 5.46. The van der Waals surface area contributed by atoms with Crippen LogP contribution in [-0.4, -0.2) is 38.2 Å². The minimum atomic E-state index is -1.44. The molecule has 1 amide bonds. The molecule has 0 radical (unpaired) electrons. The van der Waals surface area contributed by atoms with Crippen molar-refractivity contribution in [2.75, 3.05) is 26.6 Å². The van der Waals surface area contributed by atoms with Crippen LogP contribution in [0.4, 0.5) is 5.69 Å². The first-order valence-electron chi connectivity index (χ1n) is 8.03. The Bertz CT molecular complexity index is 1050. The van der Waals surface area contributed by atoms with E-state index < -0.39 is 11.9 Å². The number of amides is 1. The number of anilines is 1. The molecule has 8 nitrogen and oxygen atoms in total. The van der Waals surface area contributed by atoms with Crippen molar-refractivity contribution >= 4 is 44.4 Å². The van der Waals surface area contributed by atoms with Crippen LogP contribution in [-0.2, 0) is 0 Å². The molecule has 0 atom stereocenters. The minimum Gasteiger partial charge on any atom is -0.543 e. The summed E-state index contributed by atoms with van der Waals surface area (Å²) in [5.74, 6) is -1.05. The second-order valence-corrected chi connectivity index (χ2v) is 6.64. The topological polar surface area (TPSA) is 113 Å². The van der Waals surface area contributed by atoms with E-state index >= 15 is 0 Å². The summed E-state index contributed by atoms with van der Waals surface area (Å²) in [6.07, 6.45) is 0. The van der Waals surface area contributed by atoms with Crippen LogP contribution < -0.4 is 24.6 Å². The van der Waals surface area contributed by atoms with E-state index in [2.05, 4.69) is 26.2 Å². The molecule has 0 spiro atoms. The molecule has 3 rings (SSSR count). The van der Waals surface area contributed by atoms with Gasteiger partial charge in [-0.1, -0.05) is 15.9 Å². The van der Waals surface area contributed by atoms with E-state index in [1.807, 2.05) is 0 Å². The van der Waals surface area contributed by atoms with Gasteiger partial charge in [0.25, 0.3) is 5.91 Å². The first-order chi connectivity index (χ1) is 13.4. The lowest BCUT2D eigenvalue weighted by molar-refractivity contribution is -0.255. The summed E-state index contributed by atoms with van der Waals surface area (Å²) in [6.45, 7) is 0. The number of rotatable bonds is 6. The third kappa shape index (κ3) is 3.48. The van der Waals surface area contributed by atoms with Crippen LogP contribution >= 0.6 is 15.9 Å². The van der Waals surface area contributed by atoms with Crippen LogP contribution in [0.25, 0.3) is 10.9 Å². The van der Waals surface area contributed by atoms with Gasteiger partial charge in [-0.05, 0) is 30.3 Å². The molecular weight excluding hydrogens is 432 g/mol. The third-order valence-electron chi connectivity index (χ3n) is 4.13. The summed E-state index contributed by atoms with van der Waals surface area (Å²) < 4.78 is 16.5. The fourth-order valence-corrected chi connectivity index (χ4v) is 3.21. The quantitative estimate of drug-likeness (QED) is 0.600. The van der Waals surface area contributed by atoms with Gasteiger partial charge in [-0.15, -0.1) is 0 Å². The number of aromatic nitrogens is 1. The van der Waals surface area contributed by atoms with Gasteiger partial charge in [-0.3, -0.25) is 4.79 Å². The molecule has 2 aromatic carbocycles. The molecule has 0 aliphatic rings. The fourth-order valence-electron chi connectivity index (χ4n) is 2.84. The highest BCUT2D eigenvalue weighted by Crippen LogP contribution is 2.38. The number of aromatic amines is 1. The van der Waals surface area contributed by atoms with Gasteiger partial charge in [0.05, 0.1) is 38.7 Å². The minimum absolute atomic E-state index is 0.107. The Balaban J connectivity index is 2.07. The van der Waals surface area contributed by atoms with E-state index in [1.165, 1.54) is 33.5 Å². The van der Waals surface area contributed by atoms with Crippen molar-refractivity contribution in [1.29, 1.82) is 0 Å². The maximum Gasteiger partial charge on any atom is 0.256 e. The van der Waals surface area contributed by atoms with Crippen molar-refractivity contribution < 1.29 is 28.9 Å². The number of ether oxygens (including phenoxy) is 3. The van der Waals surface area contributed by atoms with Crippen molar-refractivity contribution in [2.45, 2.75) is 0 Å². The van der Waals surface area contributed by atoms with Crippen LogP contribution in [0, 0.1) is 0 Å². The monoisotopic (exact) mass is 447 g/mol. The van der Waals surface area contributed by atoms with Crippen LogP contribution in [0.2, 0.25) is 0 Å². The Hall–Kier alpha value is -3.20. The molecule has 0 bridgehead atoms. The molecule has 1 heterocycles. The van der Waals surface area contributed by atoms with Crippen LogP contribution in [0.5, 0.6) is 17.2 Å². The van der Waals surface area contributed by atoms with Gasteiger partial charge in [0, 0.05) is 20.9 Å². The first-order valence-corrected chi connectivity index (χ1v) is 8.82. The highest BCUT2D eigenvalue weighted by Gasteiger charge is 2.20. The van der Waals surface area contributed by atoms with E-state index in [9.17, 15) is 14.7 Å². The number of H-pyrrole nitrogens is 1. The Morgan fingerprint density at radius 2 is 1.68 bits per heavy atom. The maximum atomic E-state index is 12.8. The standard InChI is InChI=1S/C19H17BrN2O6/c1-26-13-6-9(7-14(27-2)17(13)28-3)18(23)22-15-11-8-10(20)4-5-12(11)21-16(15)19(24)25/h4-8,21H,1-3H3,(H,22,23)(H,24,25)/p-1. The first kappa shape index (κ1) is 19.6. The lowest BCUT2D eigenvalue weighted by Crippen LogP contribution is -2.25. The Morgan fingerprint density at radius 1 is 1.04 bits per heavy atom. The lowest BCUT2D eigenvalue weighted by atomic mass is 10.1. The van der Waals surface area contributed by atoms with Crippen LogP contribution in [0.3, 0.4) is 0 Å². The molecule has 9 heteroatoms. The lowest BCUT2D eigenvalue weighted by Gasteiger charge is -2.14. The number of hydrogen-bond acceptors (Lipinski definition) is 6. The fraction of sp³-hybridized carbons (Fsp3) is 0.158. The molecule has 2 N–H and O–H groups in total. The van der Waals surface area contributed by atoms with Gasteiger partial charge in [-0.2, -0.15) is 0 Å². The number of fused-ring (bicyclic) bond motifs is 1. The molecule has 0 unspecified atom stereocenters. The molecule has 0 aliphatic carbocycles. The summed E-state index contributed by atoms with van der Waals surface area (Å²) in [7, 11) is 4.32. The third-order valence-corrected chi connectivity index (χ3v) is 4.62. The van der Waals surface area contributed by atoms with E-state index in [-0.39, 0.29) is 16.9 Å². The average molecular weight is 448 g/mol. The highest BCUT2D eigenvalue weighted by atomic mass is 79.9. The zero-order chi connectivity index (χ0) is 20.4. The van der Waals surface area contributed by atoms with Gasteiger partial charge in [0.15, 0.2) is 11.5 Å². The van der Waals surface area contributed by atoms with E-state index in [1.54, 1.807) is 18.2 Å². The van der Waals surface area contributed by atoms with E-state index in [0.717, 1.165) is 4.47 Å². The number of aromatic carboxylic acids is 1. The number of carboxylic acids is 1. The molecule has 0 saturated heterocycles. The van der Waals surface area contributed by atoms with Gasteiger partial charge >= 0.3 is 0 Å². The summed E-state index contributed by atoms with van der Waals surface area (Å²) >= 11 is 3.34. The average Bonchev–Trinajstić information content (AvgIpc) is 3.04. The molecule has 0 aliphatic heterocycles. The smallest absolute Gasteiger partial charge is 0.256 e. The number of nitrogens with one attached hydrogen (secondary N) is 2. The van der Waals surface area contributed by atoms with Gasteiger partial charge in [-0.25, -0.2) is 0 Å². The largest absolute Gasteiger partial charge is 0.543 e. The number of carbonyl (C=O) groups excluding carboxylic acids is 2. The predicted octanol–water partition coefficient (Wildman–Crippen LogP) is 2.57. The predicted molar refractivity (Wildman–Crippen MR) is 104 cm³/mol. The van der Waals surface area contributed by atoms with Crippen molar-refractivity contribution in [2.24, 2.45) is 0 Å². The van der Waals surface area contributed by atoms with Crippen molar-refractivity contribution in [1.82, 2.24) is 4.98 Å². The number of carbonyl (C=O) groups is 2. The number of benzene rings is 2. The maximum absolute atomic E-state index is 12.8. The number of halogens is 1. The van der Waals surface area contributed by atoms with E-state index in [4.69, 9.17) is 14.2 Å². The number of hydrogen-bond donors (Lipinski definition) is 2. The second-order valence-electron chi connectivity index (χ2n) is 5.72. The summed E-state index contributed by atoms with van der Waals surface area (Å²) in [4.78, 5) is 27.1. The normalized spacial score (nSPS) is 10.6. The van der Waals surface area contributed by atoms with E-state index in [0.29, 0.717) is 28.2 Å². The van der Waals surface area contributed by atoms with Gasteiger partial charge < -0.3 is 34.4 Å². The molecule has 0 saturated carbocycles. The number of methoxy groups -OCH3 is 3. The second kappa shape index (κ2) is 7.81. The SMILES string of the molecule is COc1cc(C(=O)Nc2c(C(=O)[O-])[nH]c3ccc(Br)cc23)cc(OC)c1OC.